The number of ether oxygens (including phenoxy) is 4. The van der Waals surface area contributed by atoms with Crippen molar-refractivity contribution in [2.24, 2.45) is 11.8 Å². The summed E-state index contributed by atoms with van der Waals surface area (Å²) in [6.07, 6.45) is 11.1. The van der Waals surface area contributed by atoms with Crippen molar-refractivity contribution in [1.29, 1.82) is 0 Å². The number of benzene rings is 1. The van der Waals surface area contributed by atoms with E-state index in [2.05, 4.69) is 26.8 Å². The molecule has 1 aromatic carbocycles. The minimum absolute atomic E-state index is 0.0666. The molecule has 0 aliphatic rings. The molecule has 0 amide bonds. The van der Waals surface area contributed by atoms with Gasteiger partial charge in [0.25, 0.3) is 0 Å². The highest BCUT2D eigenvalue weighted by Gasteiger charge is 2.29. The van der Waals surface area contributed by atoms with Crippen LogP contribution in [-0.4, -0.2) is 45.8 Å². The summed E-state index contributed by atoms with van der Waals surface area (Å²) in [6.45, 7) is 10.0. The summed E-state index contributed by atoms with van der Waals surface area (Å²) >= 11 is 0. The summed E-state index contributed by atoms with van der Waals surface area (Å²) in [4.78, 5) is 13.2. The van der Waals surface area contributed by atoms with Gasteiger partial charge in [-0.3, -0.25) is 4.79 Å². The standard InChI is InChI=1S/C30H42O7/c1-10-18(2)13-11-12-14-22(33-6)21(5)29(36-9)19(3)15-16-23-20(4)27(31)26-24(34-7)17-25(35-8)28(32)30(26)37-23/h10-14,17,19,21-22,29,32H,15-16H2,1-9H3/b13-11+,14-12+,18-10+/t19-,21-,22-,29+/m0/s1. The molecule has 204 valence electrons. The molecule has 4 atom stereocenters. The Morgan fingerprint density at radius 2 is 1.76 bits per heavy atom. The Balaban J connectivity index is 2.27. The molecule has 0 spiro atoms. The Hall–Kier alpha value is -3.03. The molecule has 0 aliphatic carbocycles. The van der Waals surface area contributed by atoms with Crippen LogP contribution in [0.3, 0.4) is 0 Å². The number of aromatic hydroxyl groups is 1. The lowest BCUT2D eigenvalue weighted by molar-refractivity contribution is -0.0343. The van der Waals surface area contributed by atoms with Crippen LogP contribution in [-0.2, 0) is 15.9 Å². The van der Waals surface area contributed by atoms with Gasteiger partial charge in [0.1, 0.15) is 16.9 Å². The number of phenolic OH excluding ortho intramolecular Hbond substituents is 1. The van der Waals surface area contributed by atoms with Gasteiger partial charge in [-0.05, 0) is 33.1 Å². The summed E-state index contributed by atoms with van der Waals surface area (Å²) < 4.78 is 28.3. The van der Waals surface area contributed by atoms with E-state index in [1.54, 1.807) is 21.1 Å². The smallest absolute Gasteiger partial charge is 0.202 e. The highest BCUT2D eigenvalue weighted by atomic mass is 16.5. The molecule has 0 saturated heterocycles. The first kappa shape index (κ1) is 30.2. The Labute approximate surface area is 220 Å². The molecular formula is C30H42O7. The van der Waals surface area contributed by atoms with Gasteiger partial charge < -0.3 is 28.5 Å². The normalized spacial score (nSPS) is 15.9. The molecule has 0 fully saturated rings. The lowest BCUT2D eigenvalue weighted by atomic mass is 9.85. The largest absolute Gasteiger partial charge is 0.502 e. The molecule has 1 aromatic heterocycles. The van der Waals surface area contributed by atoms with Gasteiger partial charge in [-0.1, -0.05) is 49.8 Å². The number of aryl methyl sites for hydroxylation is 1. The highest BCUT2D eigenvalue weighted by molar-refractivity contribution is 5.91. The van der Waals surface area contributed by atoms with Crippen LogP contribution in [0.1, 0.15) is 45.4 Å². The van der Waals surface area contributed by atoms with Crippen LogP contribution >= 0.6 is 0 Å². The predicted octanol–water partition coefficient (Wildman–Crippen LogP) is 6.14. The summed E-state index contributed by atoms with van der Waals surface area (Å²) in [7, 11) is 6.31. The van der Waals surface area contributed by atoms with Crippen molar-refractivity contribution in [3.63, 3.8) is 0 Å². The van der Waals surface area contributed by atoms with E-state index in [1.807, 2.05) is 31.2 Å². The maximum Gasteiger partial charge on any atom is 0.202 e. The molecule has 1 N–H and O–H groups in total. The van der Waals surface area contributed by atoms with Gasteiger partial charge >= 0.3 is 0 Å². The van der Waals surface area contributed by atoms with Crippen molar-refractivity contribution in [2.75, 3.05) is 28.4 Å². The number of allylic oxidation sites excluding steroid dienone is 5. The third-order valence-electron chi connectivity index (χ3n) is 7.03. The molecule has 0 aliphatic heterocycles. The number of hydrogen-bond donors (Lipinski definition) is 1. The van der Waals surface area contributed by atoms with Crippen LogP contribution in [0, 0.1) is 18.8 Å². The second kappa shape index (κ2) is 14.1. The first-order valence-electron chi connectivity index (χ1n) is 12.6. The Kier molecular flexibility index (Phi) is 11.5. The van der Waals surface area contributed by atoms with Crippen molar-refractivity contribution in [3.05, 3.63) is 63.6 Å². The summed E-state index contributed by atoms with van der Waals surface area (Å²) in [6, 6.07) is 1.48. The molecule has 7 heteroatoms. The lowest BCUT2D eigenvalue weighted by Gasteiger charge is -2.32. The van der Waals surface area contributed by atoms with Gasteiger partial charge in [0.2, 0.25) is 5.75 Å². The fourth-order valence-electron chi connectivity index (χ4n) is 4.61. The third-order valence-corrected chi connectivity index (χ3v) is 7.03. The average Bonchev–Trinajstić information content (AvgIpc) is 2.90. The quantitative estimate of drug-likeness (QED) is 0.321. The summed E-state index contributed by atoms with van der Waals surface area (Å²) in [5.74, 6) is 0.995. The Morgan fingerprint density at radius 3 is 2.32 bits per heavy atom. The molecule has 7 nitrogen and oxygen atoms in total. The molecule has 0 saturated carbocycles. The maximum atomic E-state index is 13.2. The van der Waals surface area contributed by atoms with E-state index in [4.69, 9.17) is 23.4 Å². The van der Waals surface area contributed by atoms with E-state index >= 15 is 0 Å². The Morgan fingerprint density at radius 1 is 1.08 bits per heavy atom. The van der Waals surface area contributed by atoms with E-state index in [9.17, 15) is 9.90 Å². The second-order valence-electron chi connectivity index (χ2n) is 9.37. The molecule has 2 aromatic rings. The van der Waals surface area contributed by atoms with Crippen LogP contribution in [0.15, 0.2) is 51.2 Å². The monoisotopic (exact) mass is 514 g/mol. The summed E-state index contributed by atoms with van der Waals surface area (Å²) in [5, 5.41) is 10.8. The van der Waals surface area contributed by atoms with Crippen LogP contribution in [0.5, 0.6) is 17.2 Å². The van der Waals surface area contributed by atoms with Crippen LogP contribution in [0.2, 0.25) is 0 Å². The molecular weight excluding hydrogens is 472 g/mol. The third kappa shape index (κ3) is 7.05. The van der Waals surface area contributed by atoms with Crippen LogP contribution in [0.25, 0.3) is 11.0 Å². The minimum atomic E-state index is -0.235. The van der Waals surface area contributed by atoms with Gasteiger partial charge in [0.15, 0.2) is 16.8 Å². The second-order valence-corrected chi connectivity index (χ2v) is 9.37. The van der Waals surface area contributed by atoms with E-state index in [-0.39, 0.29) is 51.9 Å². The summed E-state index contributed by atoms with van der Waals surface area (Å²) in [5.41, 5.74) is 1.51. The Bertz CT molecular complexity index is 1190. The molecule has 37 heavy (non-hydrogen) atoms. The van der Waals surface area contributed by atoms with Crippen molar-refractivity contribution in [2.45, 2.75) is 59.7 Å². The van der Waals surface area contributed by atoms with Crippen molar-refractivity contribution >= 4 is 11.0 Å². The molecule has 0 bridgehead atoms. The fraction of sp³-hybridized carbons (Fsp3) is 0.500. The number of methoxy groups -OCH3 is 4. The average molecular weight is 515 g/mol. The first-order chi connectivity index (χ1) is 17.6. The van der Waals surface area contributed by atoms with E-state index in [0.29, 0.717) is 29.9 Å². The zero-order valence-electron chi connectivity index (χ0n) is 23.6. The van der Waals surface area contributed by atoms with Crippen molar-refractivity contribution in [3.8, 4) is 17.2 Å². The molecule has 0 radical (unpaired) electrons. The number of phenols is 1. The van der Waals surface area contributed by atoms with Gasteiger partial charge in [-0.15, -0.1) is 0 Å². The highest BCUT2D eigenvalue weighted by Crippen LogP contribution is 2.40. The number of fused-ring (bicyclic) bond motifs is 1. The zero-order valence-corrected chi connectivity index (χ0v) is 23.6. The minimum Gasteiger partial charge on any atom is -0.502 e. The maximum absolute atomic E-state index is 13.2. The molecule has 1 heterocycles. The zero-order chi connectivity index (χ0) is 27.7. The van der Waals surface area contributed by atoms with Gasteiger partial charge in [-0.2, -0.15) is 0 Å². The van der Waals surface area contributed by atoms with Crippen LogP contribution in [0.4, 0.5) is 0 Å². The first-order valence-corrected chi connectivity index (χ1v) is 12.6. The van der Waals surface area contributed by atoms with Gasteiger partial charge in [0, 0.05) is 38.2 Å². The molecule has 2 rings (SSSR count). The van der Waals surface area contributed by atoms with E-state index < -0.39 is 0 Å². The number of rotatable bonds is 13. The number of hydrogen-bond acceptors (Lipinski definition) is 7. The lowest BCUT2D eigenvalue weighted by Crippen LogP contribution is -2.36. The van der Waals surface area contributed by atoms with Gasteiger partial charge in [-0.25, -0.2) is 0 Å². The van der Waals surface area contributed by atoms with Crippen molar-refractivity contribution in [1.82, 2.24) is 0 Å². The van der Waals surface area contributed by atoms with Crippen LogP contribution < -0.4 is 14.9 Å². The van der Waals surface area contributed by atoms with Crippen molar-refractivity contribution < 1.29 is 28.5 Å². The van der Waals surface area contributed by atoms with E-state index in [0.717, 1.165) is 0 Å². The fourth-order valence-corrected chi connectivity index (χ4v) is 4.61. The SMILES string of the molecule is C/C=C(C)/C=C/C=C/[C@H](OC)[C@H](C)[C@H](OC)[C@@H](C)CCc1oc2c(O)c(OC)cc(OC)c2c(=O)c1C. The van der Waals surface area contributed by atoms with E-state index in [1.165, 1.54) is 25.9 Å². The van der Waals surface area contributed by atoms with Gasteiger partial charge in [0.05, 0.1) is 26.4 Å². The predicted molar refractivity (Wildman–Crippen MR) is 148 cm³/mol. The molecule has 0 unspecified atom stereocenters. The topological polar surface area (TPSA) is 87.4 Å².